The van der Waals surface area contributed by atoms with Crippen molar-refractivity contribution in [1.29, 1.82) is 0 Å². The minimum absolute atomic E-state index is 0.0999. The highest BCUT2D eigenvalue weighted by Gasteiger charge is 2.47. The van der Waals surface area contributed by atoms with Crippen molar-refractivity contribution in [2.75, 3.05) is 33.8 Å². The first-order valence-electron chi connectivity index (χ1n) is 39.3. The minimum atomic E-state index is -2.71. The second-order valence-electron chi connectivity index (χ2n) is 31.2. The fourth-order valence-electron chi connectivity index (χ4n) is 13.7. The number of cyclic esters (lactones) is 1. The Morgan fingerprint density at radius 2 is 1.19 bits per heavy atom. The summed E-state index contributed by atoms with van der Waals surface area (Å²) in [6.45, 7) is 14.0. The molecule has 0 unspecified atom stereocenters. The Morgan fingerprint density at radius 3 is 1.74 bits per heavy atom. The van der Waals surface area contributed by atoms with Gasteiger partial charge in [-0.15, -0.1) is 0 Å². The first kappa shape index (κ1) is 102. The molecule has 119 heavy (non-hydrogen) atoms. The predicted octanol–water partition coefficient (Wildman–Crippen LogP) is -7.69. The molecule has 0 saturated carbocycles. The van der Waals surface area contributed by atoms with Gasteiger partial charge in [0.1, 0.15) is 84.5 Å². The average molecular weight is 1690 g/mol. The third-order valence-corrected chi connectivity index (χ3v) is 20.6. The number of ether oxygens (including phenoxy) is 2. The molecule has 668 valence electrons. The van der Waals surface area contributed by atoms with E-state index in [0.29, 0.717) is 6.42 Å². The molecule has 30 N–H and O–H groups in total. The molecule has 2 aliphatic heterocycles. The second kappa shape index (κ2) is 48.7. The van der Waals surface area contributed by atoms with E-state index in [4.69, 9.17) is 55.3 Å². The Balaban J connectivity index is 2.43. The van der Waals surface area contributed by atoms with Crippen LogP contribution in [0.25, 0.3) is 0 Å². The maximum atomic E-state index is 15.4. The van der Waals surface area contributed by atoms with E-state index in [1.807, 2.05) is 13.8 Å². The Hall–Kier alpha value is -11.1. The number of primary amides is 4. The largest absolute Gasteiger partial charge is 0.508 e. The monoisotopic (exact) mass is 1690 g/mol. The zero-order chi connectivity index (χ0) is 90.3. The summed E-state index contributed by atoms with van der Waals surface area (Å²) in [5.74, 6) is -25.4. The van der Waals surface area contributed by atoms with Gasteiger partial charge in [0.15, 0.2) is 18.0 Å². The lowest BCUT2D eigenvalue weighted by Crippen LogP contribution is -2.65. The number of methoxy groups -OCH3 is 1. The lowest BCUT2D eigenvalue weighted by molar-refractivity contribution is -0.164. The van der Waals surface area contributed by atoms with E-state index in [0.717, 1.165) is 37.8 Å². The zero-order valence-electron chi connectivity index (χ0n) is 69.4. The van der Waals surface area contributed by atoms with E-state index in [2.05, 4.69) is 57.8 Å². The highest BCUT2D eigenvalue weighted by molar-refractivity contribution is 6.01. The van der Waals surface area contributed by atoms with Crippen LogP contribution >= 0.6 is 0 Å². The van der Waals surface area contributed by atoms with E-state index < -0.39 is 259 Å². The number of aromatic hydroxyl groups is 1. The van der Waals surface area contributed by atoms with Crippen LogP contribution in [0.3, 0.4) is 0 Å². The smallest absolute Gasteiger partial charge is 0.329 e. The van der Waals surface area contributed by atoms with Crippen molar-refractivity contribution in [2.24, 2.45) is 91.4 Å². The predicted molar refractivity (Wildman–Crippen MR) is 427 cm³/mol. The third-order valence-electron chi connectivity index (χ3n) is 20.6. The molecule has 15 amide bonds. The molecule has 1 aromatic carbocycles. The fraction of sp³-hybridized carbons (Fsp3) is 0.680. The number of fused-ring (bicyclic) bond motifs is 1. The van der Waals surface area contributed by atoms with E-state index in [9.17, 15) is 68.7 Å². The van der Waals surface area contributed by atoms with Crippen LogP contribution in [0.5, 0.6) is 5.75 Å². The van der Waals surface area contributed by atoms with E-state index in [1.54, 1.807) is 20.8 Å². The number of guanidine groups is 2. The van der Waals surface area contributed by atoms with Gasteiger partial charge in [0.2, 0.25) is 82.7 Å². The summed E-state index contributed by atoms with van der Waals surface area (Å²) < 4.78 is 11.8. The molecular formula is C75H125N21O23. The van der Waals surface area contributed by atoms with Gasteiger partial charge in [-0.2, -0.15) is 0 Å². The lowest BCUT2D eigenvalue weighted by atomic mass is 9.87. The van der Waals surface area contributed by atoms with Crippen molar-refractivity contribution < 1.29 is 112 Å². The molecule has 2 saturated heterocycles. The molecule has 0 aromatic heterocycles. The molecule has 44 nitrogen and oxygen atoms in total. The number of aliphatic hydroxyl groups excluding tert-OH is 4. The number of amides is 15. The molecule has 2 fully saturated rings. The SMILES string of the molecule is CO[C@H](c1ccc(O)cc1)[C@@H]1NC(=O)[C@H](CCC(N)=O)N(C)C(=O)[C@H](CC(C)C)NC(=O)[C@@H](CCCN=C(N)N)NC(=O)[C@@H]([C@@H](C)O)NC(=O)[C@H](NC(=O)[C@@H](NC(=O)[C@H](O)[C@H](O)[C@H](CCCN=C(N)N)NC(=O)[C@H](CC(N)=O)NC(=O)[C@H](C)[C@H](O)[C@H](C)CC(C)C)[C@@H](C)[C@@H](C)C(N)=O)[C@@H](C)OC(=O)[C@@H]2CCCCN2C(=O)[C@@H](CC(N)=O)NC1=O. The van der Waals surface area contributed by atoms with Crippen molar-refractivity contribution in [1.82, 2.24) is 57.7 Å². The summed E-state index contributed by atoms with van der Waals surface area (Å²) in [5, 5.41) is 78.3. The summed E-state index contributed by atoms with van der Waals surface area (Å²) in [5.41, 5.74) is 45.0. The maximum absolute atomic E-state index is 15.4. The highest BCUT2D eigenvalue weighted by Crippen LogP contribution is 2.28. The van der Waals surface area contributed by atoms with Gasteiger partial charge in [-0.25, -0.2) is 4.79 Å². The Bertz CT molecular complexity index is 3750. The number of phenolic OH excluding ortho intramolecular Hbond substituents is 1. The number of hydrogen-bond acceptors (Lipinski definition) is 25. The summed E-state index contributed by atoms with van der Waals surface area (Å²) in [4.78, 5) is 239. The number of carbonyl (C=O) groups is 16. The number of aliphatic imine (C=N–C) groups is 2. The Labute approximate surface area is 689 Å². The molecule has 44 heteroatoms. The molecule has 0 bridgehead atoms. The quantitative estimate of drug-likeness (QED) is 0.0127. The van der Waals surface area contributed by atoms with Crippen molar-refractivity contribution in [3.8, 4) is 5.75 Å². The van der Waals surface area contributed by atoms with Gasteiger partial charge < -0.3 is 139 Å². The molecule has 21 atom stereocenters. The highest BCUT2D eigenvalue weighted by atomic mass is 16.5. The van der Waals surface area contributed by atoms with Crippen LogP contribution in [0, 0.1) is 35.5 Å². The van der Waals surface area contributed by atoms with Gasteiger partial charge >= 0.3 is 5.97 Å². The maximum Gasteiger partial charge on any atom is 0.329 e. The zero-order valence-corrected chi connectivity index (χ0v) is 69.4. The summed E-state index contributed by atoms with van der Waals surface area (Å²) in [6.07, 6.45) is -15.5. The van der Waals surface area contributed by atoms with Gasteiger partial charge in [0, 0.05) is 46.1 Å². The van der Waals surface area contributed by atoms with Crippen LogP contribution in [0.15, 0.2) is 34.3 Å². The number of benzene rings is 1. The topological polar surface area (TPSA) is 740 Å². The summed E-state index contributed by atoms with van der Waals surface area (Å²) in [7, 11) is 2.25. The normalized spacial score (nSPS) is 23.3. The Kier molecular flexibility index (Phi) is 41.8. The average Bonchev–Trinajstić information content (AvgIpc) is 0.995. The number of likely N-dealkylation sites (N-methyl/N-ethyl adjacent to an activating group) is 1. The molecule has 2 aliphatic rings. The number of hydrogen-bond donors (Lipinski definition) is 22. The standard InChI is InChI=1S/C75H125N21O23/c1-33(2)29-35(5)57(102)38(8)62(106)88-45(31-51(77)100)64(108)86-43(17-15-26-84-74(80)81)58(103)59(104)70(114)91-53(36(6)37(7)61(79)105)66(110)93-55-40(10)119-73(117)49-19-13-14-28-96(49)72(116)47(32-52(78)101)90-69(113)56(60(118-12)41-20-22-42(98)23-21-41)94-65(109)48(24-25-50(76)99)95(11)71(115)46(30-34(3)4)89-63(107)44(18-16-27-85-75(82)83)87-67(111)54(39(9)97)92-68(55)112/h20-23,33-40,43-49,53-60,97-98,102-104H,13-19,24-32H2,1-12H3,(H2,76,99)(H2,77,100)(H2,78,101)(H2,79,105)(H,86,108)(H,87,111)(H,88,106)(H,89,107)(H,90,113)(H,91,114)(H,92,112)(H,93,110)(H,94,109)(H4,80,81,84)(H4,82,83,85)/t35-,36+,37-,38-,39-,40-,43+,44-,45+,46+,47-,48+,49+,53+,54-,55-,56+,57-,58-,59-,60-/m1/s1. The third kappa shape index (κ3) is 32.3. The number of aliphatic hydroxyl groups is 4. The van der Waals surface area contributed by atoms with Crippen molar-refractivity contribution in [2.45, 2.75) is 256 Å². The fourth-order valence-corrected chi connectivity index (χ4v) is 13.7. The van der Waals surface area contributed by atoms with Crippen LogP contribution in [0.2, 0.25) is 0 Å². The van der Waals surface area contributed by atoms with Crippen LogP contribution in [-0.4, -0.2) is 273 Å². The molecular weight excluding hydrogens is 1560 g/mol. The summed E-state index contributed by atoms with van der Waals surface area (Å²) in [6, 6.07) is -16.1. The summed E-state index contributed by atoms with van der Waals surface area (Å²) >= 11 is 0. The molecule has 3 rings (SSSR count). The van der Waals surface area contributed by atoms with E-state index >= 15 is 33.6 Å². The number of phenols is 1. The van der Waals surface area contributed by atoms with Crippen molar-refractivity contribution >= 4 is 106 Å². The Morgan fingerprint density at radius 1 is 0.613 bits per heavy atom. The van der Waals surface area contributed by atoms with Crippen molar-refractivity contribution in [3.05, 3.63) is 29.8 Å². The van der Waals surface area contributed by atoms with Crippen LogP contribution in [-0.2, 0) is 86.2 Å². The second-order valence-corrected chi connectivity index (χ2v) is 31.2. The molecule has 0 spiro atoms. The van der Waals surface area contributed by atoms with Crippen LogP contribution in [0.4, 0.5) is 0 Å². The van der Waals surface area contributed by atoms with Gasteiger partial charge in [0.05, 0.1) is 37.0 Å². The molecule has 0 radical (unpaired) electrons. The number of carbonyl (C=O) groups excluding carboxylic acids is 16. The number of rotatable bonds is 38. The molecule has 0 aliphatic carbocycles. The lowest BCUT2D eigenvalue weighted by Gasteiger charge is -2.38. The molecule has 1 aromatic rings. The van der Waals surface area contributed by atoms with Gasteiger partial charge in [-0.1, -0.05) is 67.5 Å². The van der Waals surface area contributed by atoms with Crippen molar-refractivity contribution in [3.63, 3.8) is 0 Å². The first-order chi connectivity index (χ1) is 55.5. The van der Waals surface area contributed by atoms with Gasteiger partial charge in [0.25, 0.3) is 5.91 Å². The number of nitrogens with zero attached hydrogens (tertiary/aromatic N) is 4. The number of nitrogens with one attached hydrogen (secondary N) is 9. The number of esters is 1. The van der Waals surface area contributed by atoms with Crippen LogP contribution < -0.4 is 93.7 Å². The van der Waals surface area contributed by atoms with Gasteiger partial charge in [-0.05, 0) is 119 Å². The van der Waals surface area contributed by atoms with Gasteiger partial charge in [-0.3, -0.25) is 81.9 Å². The molecule has 2 heterocycles. The van der Waals surface area contributed by atoms with E-state index in [1.165, 1.54) is 45.0 Å². The van der Waals surface area contributed by atoms with Crippen LogP contribution in [0.1, 0.15) is 164 Å². The van der Waals surface area contributed by atoms with E-state index in [-0.39, 0.29) is 93.7 Å². The minimum Gasteiger partial charge on any atom is -0.508 e. The number of nitrogens with two attached hydrogens (primary N) is 8. The first-order valence-corrected chi connectivity index (χ1v) is 39.3. The number of piperidine rings is 1.